The number of carbonyl (C=O) groups is 1. The monoisotopic (exact) mass is 344 g/mol. The van der Waals surface area contributed by atoms with E-state index < -0.39 is 5.66 Å². The normalized spacial score (nSPS) is 18.7. The minimum absolute atomic E-state index is 0.0245. The van der Waals surface area contributed by atoms with Gasteiger partial charge in [0.05, 0.1) is 26.3 Å². The number of carbonyl (C=O) groups excluding carboxylic acids is 1. The van der Waals surface area contributed by atoms with Crippen molar-refractivity contribution in [2.24, 2.45) is 10.2 Å². The molecule has 3 heterocycles. The highest BCUT2D eigenvalue weighted by Crippen LogP contribution is 2.37. The van der Waals surface area contributed by atoms with Gasteiger partial charge < -0.3 is 14.5 Å². The summed E-state index contributed by atoms with van der Waals surface area (Å²) in [5, 5.41) is 11.0. The predicted molar refractivity (Wildman–Crippen MR) is 91.5 cm³/mol. The van der Waals surface area contributed by atoms with E-state index in [1.54, 1.807) is 0 Å². The van der Waals surface area contributed by atoms with Gasteiger partial charge in [-0.25, -0.2) is 0 Å². The Morgan fingerprint density at radius 3 is 2.76 bits per heavy atom. The molecule has 0 bridgehead atoms. The fraction of sp³-hybridized carbons (Fsp3) is 0.611. The molecule has 0 aromatic carbocycles. The third-order valence-electron chi connectivity index (χ3n) is 4.47. The average molecular weight is 344 g/mol. The lowest BCUT2D eigenvalue weighted by atomic mass is 10.0. The quantitative estimate of drug-likeness (QED) is 0.696. The van der Waals surface area contributed by atoms with E-state index in [1.807, 2.05) is 12.1 Å². The van der Waals surface area contributed by atoms with E-state index in [0.29, 0.717) is 25.8 Å². The standard InChI is InChI=1S/C18H24N4O3/c1-2-3-7-18(20-21-18)8-6-17(23)19-13-15-4-5-16(25-15)14-22-9-11-24-12-10-22/h1,4-5H,3,6-14H2,(H,19,23). The van der Waals surface area contributed by atoms with E-state index >= 15 is 0 Å². The third-order valence-corrected chi connectivity index (χ3v) is 4.47. The van der Waals surface area contributed by atoms with Crippen LogP contribution < -0.4 is 5.32 Å². The molecule has 1 N–H and O–H groups in total. The van der Waals surface area contributed by atoms with Gasteiger partial charge in [-0.3, -0.25) is 9.69 Å². The molecule has 0 unspecified atom stereocenters. The van der Waals surface area contributed by atoms with E-state index in [2.05, 4.69) is 26.4 Å². The molecule has 0 spiro atoms. The summed E-state index contributed by atoms with van der Waals surface area (Å²) in [6, 6.07) is 3.88. The fourth-order valence-corrected chi connectivity index (χ4v) is 2.84. The van der Waals surface area contributed by atoms with E-state index in [4.69, 9.17) is 15.6 Å². The Kier molecular flexibility index (Phi) is 5.84. The molecule has 0 aliphatic carbocycles. The maximum Gasteiger partial charge on any atom is 0.220 e. The van der Waals surface area contributed by atoms with Crippen LogP contribution in [0.1, 0.15) is 37.2 Å². The number of hydrogen-bond acceptors (Lipinski definition) is 6. The van der Waals surface area contributed by atoms with E-state index in [0.717, 1.165) is 50.8 Å². The molecule has 1 saturated heterocycles. The van der Waals surface area contributed by atoms with Crippen molar-refractivity contribution in [3.05, 3.63) is 23.7 Å². The van der Waals surface area contributed by atoms with Gasteiger partial charge in [0.15, 0.2) is 5.66 Å². The molecule has 3 rings (SSSR count). The summed E-state index contributed by atoms with van der Waals surface area (Å²) in [5.74, 6) is 4.24. The van der Waals surface area contributed by atoms with Gasteiger partial charge in [-0.05, 0) is 12.1 Å². The van der Waals surface area contributed by atoms with Gasteiger partial charge in [-0.2, -0.15) is 10.2 Å². The number of ether oxygens (including phenoxy) is 1. The van der Waals surface area contributed by atoms with Crippen LogP contribution in [-0.4, -0.2) is 42.8 Å². The summed E-state index contributed by atoms with van der Waals surface area (Å²) >= 11 is 0. The molecule has 2 aliphatic heterocycles. The number of amides is 1. The second-order valence-electron chi connectivity index (χ2n) is 6.42. The zero-order valence-corrected chi connectivity index (χ0v) is 14.4. The zero-order valence-electron chi connectivity index (χ0n) is 14.4. The lowest BCUT2D eigenvalue weighted by Crippen LogP contribution is -2.35. The van der Waals surface area contributed by atoms with Gasteiger partial charge >= 0.3 is 0 Å². The van der Waals surface area contributed by atoms with Gasteiger partial charge in [-0.1, -0.05) is 0 Å². The van der Waals surface area contributed by atoms with Gasteiger partial charge in [0.2, 0.25) is 5.91 Å². The first kappa shape index (κ1) is 17.6. The van der Waals surface area contributed by atoms with Gasteiger partial charge in [0, 0.05) is 38.8 Å². The Morgan fingerprint density at radius 1 is 1.28 bits per heavy atom. The molecule has 0 saturated carbocycles. The molecule has 7 nitrogen and oxygen atoms in total. The summed E-state index contributed by atoms with van der Waals surface area (Å²) in [6.45, 7) is 4.55. The number of terminal acetylenes is 1. The van der Waals surface area contributed by atoms with Crippen LogP contribution in [0.4, 0.5) is 0 Å². The molecule has 1 fully saturated rings. The second-order valence-corrected chi connectivity index (χ2v) is 6.42. The molecular formula is C18H24N4O3. The summed E-state index contributed by atoms with van der Waals surface area (Å²) < 4.78 is 11.1. The lowest BCUT2D eigenvalue weighted by molar-refractivity contribution is -0.121. The first-order chi connectivity index (χ1) is 12.2. The summed E-state index contributed by atoms with van der Waals surface area (Å²) in [4.78, 5) is 14.3. The number of morpholine rings is 1. The Morgan fingerprint density at radius 2 is 2.04 bits per heavy atom. The topological polar surface area (TPSA) is 79.4 Å². The van der Waals surface area contributed by atoms with Crippen molar-refractivity contribution in [3.8, 4) is 12.3 Å². The van der Waals surface area contributed by atoms with Crippen LogP contribution >= 0.6 is 0 Å². The maximum absolute atomic E-state index is 12.0. The SMILES string of the molecule is C#CCCC1(CCC(=O)NCc2ccc(CN3CCOCC3)o2)N=N1. The van der Waals surface area contributed by atoms with Crippen molar-refractivity contribution in [2.75, 3.05) is 26.3 Å². The Labute approximate surface area is 147 Å². The molecule has 25 heavy (non-hydrogen) atoms. The molecule has 134 valence electrons. The summed E-state index contributed by atoms with van der Waals surface area (Å²) in [7, 11) is 0. The minimum atomic E-state index is -0.403. The zero-order chi connectivity index (χ0) is 17.5. The van der Waals surface area contributed by atoms with E-state index in [9.17, 15) is 4.79 Å². The predicted octanol–water partition coefficient (Wildman–Crippen LogP) is 2.08. The highest BCUT2D eigenvalue weighted by molar-refractivity contribution is 5.75. The first-order valence-corrected chi connectivity index (χ1v) is 8.71. The molecule has 7 heteroatoms. The van der Waals surface area contributed by atoms with Crippen LogP contribution in [0.15, 0.2) is 26.8 Å². The van der Waals surface area contributed by atoms with E-state index in [-0.39, 0.29) is 5.91 Å². The smallest absolute Gasteiger partial charge is 0.220 e. The van der Waals surface area contributed by atoms with Crippen molar-refractivity contribution in [2.45, 2.75) is 44.4 Å². The van der Waals surface area contributed by atoms with Crippen molar-refractivity contribution >= 4 is 5.91 Å². The second kappa shape index (κ2) is 8.28. The molecular weight excluding hydrogens is 320 g/mol. The number of furan rings is 1. The highest BCUT2D eigenvalue weighted by atomic mass is 16.5. The summed E-state index contributed by atoms with van der Waals surface area (Å²) in [5.41, 5.74) is -0.403. The molecule has 1 amide bonds. The van der Waals surface area contributed by atoms with Crippen LogP contribution in [0, 0.1) is 12.3 Å². The van der Waals surface area contributed by atoms with Crippen LogP contribution in [0.3, 0.4) is 0 Å². The van der Waals surface area contributed by atoms with Gasteiger partial charge in [0.1, 0.15) is 11.5 Å². The number of nitrogens with zero attached hydrogens (tertiary/aromatic N) is 3. The average Bonchev–Trinajstić information content (AvgIpc) is 3.28. The van der Waals surface area contributed by atoms with Crippen molar-refractivity contribution in [1.29, 1.82) is 0 Å². The number of hydrogen-bond donors (Lipinski definition) is 1. The van der Waals surface area contributed by atoms with Crippen molar-refractivity contribution in [3.63, 3.8) is 0 Å². The highest BCUT2D eigenvalue weighted by Gasteiger charge is 2.39. The van der Waals surface area contributed by atoms with Crippen molar-refractivity contribution < 1.29 is 13.9 Å². The molecule has 2 aliphatic rings. The van der Waals surface area contributed by atoms with Gasteiger partial charge in [-0.15, -0.1) is 12.3 Å². The van der Waals surface area contributed by atoms with Crippen LogP contribution in [0.5, 0.6) is 0 Å². The minimum Gasteiger partial charge on any atom is -0.463 e. The van der Waals surface area contributed by atoms with Gasteiger partial charge in [0.25, 0.3) is 0 Å². The van der Waals surface area contributed by atoms with E-state index in [1.165, 1.54) is 0 Å². The van der Waals surface area contributed by atoms with Crippen LogP contribution in [0.25, 0.3) is 0 Å². The Balaban J connectivity index is 1.35. The largest absolute Gasteiger partial charge is 0.463 e. The molecule has 0 radical (unpaired) electrons. The summed E-state index contributed by atoms with van der Waals surface area (Å²) in [6.07, 6.45) is 7.61. The maximum atomic E-state index is 12.0. The van der Waals surface area contributed by atoms with Crippen LogP contribution in [0.2, 0.25) is 0 Å². The molecule has 0 atom stereocenters. The van der Waals surface area contributed by atoms with Crippen LogP contribution in [-0.2, 0) is 22.6 Å². The first-order valence-electron chi connectivity index (χ1n) is 8.71. The molecule has 1 aromatic rings. The molecule has 1 aromatic heterocycles. The lowest BCUT2D eigenvalue weighted by Gasteiger charge is -2.25. The third kappa shape index (κ3) is 5.41. The fourth-order valence-electron chi connectivity index (χ4n) is 2.84. The number of nitrogens with one attached hydrogen (secondary N) is 1. The Hall–Kier alpha value is -2.17. The van der Waals surface area contributed by atoms with Crippen molar-refractivity contribution in [1.82, 2.24) is 10.2 Å². The number of rotatable bonds is 9. The Bertz CT molecular complexity index is 650.